The molecule has 1 aromatic carbocycles. The summed E-state index contributed by atoms with van der Waals surface area (Å²) < 4.78 is 0. The van der Waals surface area contributed by atoms with Crippen LogP contribution >= 0.6 is 11.6 Å². The Hall–Kier alpha value is -2.20. The molecule has 2 rings (SSSR count). The Morgan fingerprint density at radius 2 is 1.54 bits per heavy atom. The van der Waals surface area contributed by atoms with Crippen LogP contribution in [-0.2, 0) is 20.8 Å². The molecule has 1 amide bonds. The Bertz CT molecular complexity index is 757. The number of ketones is 2. The van der Waals surface area contributed by atoms with E-state index in [2.05, 4.69) is 5.32 Å². The molecule has 0 unspecified atom stereocenters. The number of Topliss-reactive ketones (excluding diaryl/α,β-unsaturated/α-hetero) is 2. The van der Waals surface area contributed by atoms with Gasteiger partial charge in [0.1, 0.15) is 0 Å². The van der Waals surface area contributed by atoms with Crippen molar-refractivity contribution in [3.05, 3.63) is 57.1 Å². The summed E-state index contributed by atoms with van der Waals surface area (Å²) >= 11 is 5.81. The Morgan fingerprint density at radius 3 is 2.17 bits per heavy atom. The van der Waals surface area contributed by atoms with Gasteiger partial charge in [0.2, 0.25) is 5.91 Å². The van der Waals surface area contributed by atoms with E-state index in [0.29, 0.717) is 40.3 Å². The first-order chi connectivity index (χ1) is 11.3. The number of hydrogen-bond acceptors (Lipinski definition) is 3. The van der Waals surface area contributed by atoms with Crippen molar-refractivity contribution in [2.75, 3.05) is 6.54 Å². The van der Waals surface area contributed by atoms with Crippen LogP contribution in [0.15, 0.2) is 46.6 Å². The monoisotopic (exact) mass is 345 g/mol. The van der Waals surface area contributed by atoms with Crippen LogP contribution in [0.4, 0.5) is 0 Å². The molecule has 0 saturated carbocycles. The zero-order valence-corrected chi connectivity index (χ0v) is 14.8. The molecule has 0 aliphatic heterocycles. The molecule has 0 atom stereocenters. The average Bonchev–Trinajstić information content (AvgIpc) is 2.56. The van der Waals surface area contributed by atoms with Gasteiger partial charge in [0.15, 0.2) is 11.6 Å². The Labute approximate surface area is 146 Å². The topological polar surface area (TPSA) is 63.2 Å². The van der Waals surface area contributed by atoms with Gasteiger partial charge in [0.05, 0.1) is 6.42 Å². The lowest BCUT2D eigenvalue weighted by Gasteiger charge is -2.18. The quantitative estimate of drug-likeness (QED) is 0.833. The Kier molecular flexibility index (Phi) is 5.73. The van der Waals surface area contributed by atoms with Crippen LogP contribution in [0.1, 0.15) is 32.8 Å². The maximum Gasteiger partial charge on any atom is 0.224 e. The fourth-order valence-corrected chi connectivity index (χ4v) is 2.76. The van der Waals surface area contributed by atoms with Crippen molar-refractivity contribution in [2.45, 2.75) is 33.6 Å². The van der Waals surface area contributed by atoms with E-state index >= 15 is 0 Å². The largest absolute Gasteiger partial charge is 0.355 e. The molecular weight excluding hydrogens is 326 g/mol. The SMILES string of the molecule is CC1=C(C)C(=O)C(CCNC(=O)Cc2ccc(Cl)cc2)=C(C)C1=O. The van der Waals surface area contributed by atoms with Gasteiger partial charge < -0.3 is 5.32 Å². The smallest absolute Gasteiger partial charge is 0.224 e. The zero-order chi connectivity index (χ0) is 17.9. The number of hydrogen-bond donors (Lipinski definition) is 1. The van der Waals surface area contributed by atoms with Gasteiger partial charge in [0.25, 0.3) is 0 Å². The third-order valence-corrected chi connectivity index (χ3v) is 4.54. The zero-order valence-electron chi connectivity index (χ0n) is 14.0. The lowest BCUT2D eigenvalue weighted by atomic mass is 9.84. The summed E-state index contributed by atoms with van der Waals surface area (Å²) in [5.74, 6) is -0.320. The lowest BCUT2D eigenvalue weighted by Crippen LogP contribution is -2.28. The summed E-state index contributed by atoms with van der Waals surface area (Å²) in [6.07, 6.45) is 0.605. The second kappa shape index (κ2) is 7.58. The Morgan fingerprint density at radius 1 is 0.958 bits per heavy atom. The van der Waals surface area contributed by atoms with Gasteiger partial charge in [-0.3, -0.25) is 14.4 Å². The fraction of sp³-hybridized carbons (Fsp3) is 0.316. The Balaban J connectivity index is 1.92. The van der Waals surface area contributed by atoms with Crippen LogP contribution in [0.25, 0.3) is 0 Å². The van der Waals surface area contributed by atoms with E-state index in [0.717, 1.165) is 5.56 Å². The maximum atomic E-state index is 12.3. The summed E-state index contributed by atoms with van der Waals surface area (Å²) in [6.45, 7) is 5.33. The molecule has 5 heteroatoms. The van der Waals surface area contributed by atoms with Crippen LogP contribution in [0.3, 0.4) is 0 Å². The number of carbonyl (C=O) groups excluding carboxylic acids is 3. The molecule has 1 N–H and O–H groups in total. The minimum atomic E-state index is -0.131. The minimum Gasteiger partial charge on any atom is -0.355 e. The fourth-order valence-electron chi connectivity index (χ4n) is 2.63. The van der Waals surface area contributed by atoms with Gasteiger partial charge in [0, 0.05) is 33.9 Å². The van der Waals surface area contributed by atoms with Crippen molar-refractivity contribution in [3.8, 4) is 0 Å². The standard InChI is InChI=1S/C19H20ClNO3/c1-11-12(2)19(24)16(13(3)18(11)23)8-9-21-17(22)10-14-4-6-15(20)7-5-14/h4-7H,8-10H2,1-3H3,(H,21,22). The molecule has 1 aliphatic rings. The van der Waals surface area contributed by atoms with Gasteiger partial charge in [-0.25, -0.2) is 0 Å². The van der Waals surface area contributed by atoms with Crippen molar-refractivity contribution in [2.24, 2.45) is 0 Å². The molecule has 0 bridgehead atoms. The van der Waals surface area contributed by atoms with E-state index in [1.54, 1.807) is 45.0 Å². The molecule has 0 heterocycles. The van der Waals surface area contributed by atoms with E-state index in [9.17, 15) is 14.4 Å². The van der Waals surface area contributed by atoms with E-state index in [-0.39, 0.29) is 23.9 Å². The molecule has 0 aromatic heterocycles. The van der Waals surface area contributed by atoms with E-state index < -0.39 is 0 Å². The molecule has 0 spiro atoms. The highest BCUT2D eigenvalue weighted by molar-refractivity contribution is 6.30. The van der Waals surface area contributed by atoms with Crippen molar-refractivity contribution < 1.29 is 14.4 Å². The van der Waals surface area contributed by atoms with Crippen molar-refractivity contribution in [1.29, 1.82) is 0 Å². The van der Waals surface area contributed by atoms with Crippen LogP contribution in [0.2, 0.25) is 5.02 Å². The second-order valence-electron chi connectivity index (χ2n) is 5.91. The van der Waals surface area contributed by atoms with Crippen LogP contribution < -0.4 is 5.32 Å². The molecule has 0 radical (unpaired) electrons. The predicted molar refractivity (Wildman–Crippen MR) is 93.9 cm³/mol. The first-order valence-electron chi connectivity index (χ1n) is 7.79. The van der Waals surface area contributed by atoms with Crippen molar-refractivity contribution in [1.82, 2.24) is 5.32 Å². The van der Waals surface area contributed by atoms with Crippen molar-refractivity contribution >= 4 is 29.1 Å². The number of amides is 1. The number of carbonyl (C=O) groups is 3. The maximum absolute atomic E-state index is 12.3. The number of halogens is 1. The molecule has 24 heavy (non-hydrogen) atoms. The average molecular weight is 346 g/mol. The van der Waals surface area contributed by atoms with Crippen LogP contribution in [-0.4, -0.2) is 24.0 Å². The minimum absolute atomic E-state index is 0.0883. The van der Waals surface area contributed by atoms with Crippen LogP contribution in [0, 0.1) is 0 Å². The highest BCUT2D eigenvalue weighted by atomic mass is 35.5. The van der Waals surface area contributed by atoms with Crippen LogP contribution in [0.5, 0.6) is 0 Å². The third kappa shape index (κ3) is 4.01. The number of allylic oxidation sites excluding steroid dienone is 3. The number of rotatable bonds is 5. The molecule has 0 saturated heterocycles. The second-order valence-corrected chi connectivity index (χ2v) is 6.35. The molecule has 0 fully saturated rings. The molecule has 4 nitrogen and oxygen atoms in total. The summed E-state index contributed by atoms with van der Waals surface area (Å²) in [5, 5.41) is 3.42. The number of nitrogens with one attached hydrogen (secondary N) is 1. The highest BCUT2D eigenvalue weighted by Crippen LogP contribution is 2.25. The first-order valence-corrected chi connectivity index (χ1v) is 8.16. The molecule has 1 aromatic rings. The summed E-state index contributed by atoms with van der Waals surface area (Å²) in [7, 11) is 0. The van der Waals surface area contributed by atoms with E-state index in [4.69, 9.17) is 11.6 Å². The van der Waals surface area contributed by atoms with Gasteiger partial charge in [-0.2, -0.15) is 0 Å². The third-order valence-electron chi connectivity index (χ3n) is 4.29. The van der Waals surface area contributed by atoms with Gasteiger partial charge in [-0.15, -0.1) is 0 Å². The van der Waals surface area contributed by atoms with Crippen molar-refractivity contribution in [3.63, 3.8) is 0 Å². The normalized spacial score (nSPS) is 15.2. The van der Waals surface area contributed by atoms with E-state index in [1.807, 2.05) is 0 Å². The van der Waals surface area contributed by atoms with E-state index in [1.165, 1.54) is 0 Å². The highest BCUT2D eigenvalue weighted by Gasteiger charge is 2.27. The summed E-state index contributed by atoms with van der Waals surface area (Å²) in [4.78, 5) is 36.3. The molecule has 126 valence electrons. The van der Waals surface area contributed by atoms with Gasteiger partial charge >= 0.3 is 0 Å². The lowest BCUT2D eigenvalue weighted by molar-refractivity contribution is -0.120. The summed E-state index contributed by atoms with van der Waals surface area (Å²) in [5.41, 5.74) is 2.84. The molecular formula is C19H20ClNO3. The predicted octanol–water partition coefficient (Wildman–Crippen LogP) is 3.19. The molecule has 1 aliphatic carbocycles. The first kappa shape index (κ1) is 18.1. The van der Waals surface area contributed by atoms with Gasteiger partial charge in [-0.05, 0) is 44.9 Å². The van der Waals surface area contributed by atoms with Gasteiger partial charge in [-0.1, -0.05) is 23.7 Å². The number of benzene rings is 1. The summed E-state index contributed by atoms with van der Waals surface area (Å²) in [6, 6.07) is 7.08.